The van der Waals surface area contributed by atoms with Crippen molar-refractivity contribution in [2.45, 2.75) is 63.8 Å². The normalized spacial score (nSPS) is 41.7. The van der Waals surface area contributed by atoms with Crippen LogP contribution in [-0.4, -0.2) is 5.16 Å². The van der Waals surface area contributed by atoms with Gasteiger partial charge < -0.3 is 10.3 Å². The van der Waals surface area contributed by atoms with Crippen molar-refractivity contribution in [1.82, 2.24) is 5.16 Å². The third kappa shape index (κ3) is 1.63. The summed E-state index contributed by atoms with van der Waals surface area (Å²) in [5, 5.41) is 4.47. The van der Waals surface area contributed by atoms with E-state index in [1.54, 1.807) is 0 Å². The average molecular weight is 260 g/mol. The summed E-state index contributed by atoms with van der Waals surface area (Å²) in [6.45, 7) is 4.14. The first-order valence-corrected chi connectivity index (χ1v) is 7.79. The summed E-state index contributed by atoms with van der Waals surface area (Å²) in [6, 6.07) is -0.0461. The van der Waals surface area contributed by atoms with Crippen LogP contribution in [0.25, 0.3) is 0 Å². The van der Waals surface area contributed by atoms with Crippen molar-refractivity contribution in [3.05, 3.63) is 17.0 Å². The fourth-order valence-electron chi connectivity index (χ4n) is 5.67. The van der Waals surface area contributed by atoms with Crippen molar-refractivity contribution in [3.8, 4) is 0 Å². The van der Waals surface area contributed by atoms with Crippen LogP contribution in [-0.2, 0) is 5.41 Å². The number of nitrogens with zero attached hydrogens (tertiary/aromatic N) is 1. The highest BCUT2D eigenvalue weighted by Gasteiger charge is 2.53. The van der Waals surface area contributed by atoms with Crippen LogP contribution >= 0.6 is 0 Å². The molecule has 1 atom stereocenters. The number of hydrogen-bond donors (Lipinski definition) is 1. The van der Waals surface area contributed by atoms with E-state index in [-0.39, 0.29) is 6.04 Å². The van der Waals surface area contributed by atoms with E-state index < -0.39 is 0 Å². The van der Waals surface area contributed by atoms with Crippen LogP contribution in [0.4, 0.5) is 0 Å². The van der Waals surface area contributed by atoms with Crippen molar-refractivity contribution in [3.63, 3.8) is 0 Å². The summed E-state index contributed by atoms with van der Waals surface area (Å²) in [4.78, 5) is 0. The van der Waals surface area contributed by atoms with Crippen LogP contribution in [0, 0.1) is 24.7 Å². The number of hydrogen-bond acceptors (Lipinski definition) is 3. The highest BCUT2D eigenvalue weighted by molar-refractivity contribution is 5.32. The molecule has 3 heteroatoms. The quantitative estimate of drug-likeness (QED) is 0.885. The zero-order chi connectivity index (χ0) is 13.2. The van der Waals surface area contributed by atoms with Crippen LogP contribution < -0.4 is 5.73 Å². The van der Waals surface area contributed by atoms with Crippen LogP contribution in [0.3, 0.4) is 0 Å². The highest BCUT2D eigenvalue weighted by Crippen LogP contribution is 2.61. The van der Waals surface area contributed by atoms with Gasteiger partial charge in [-0.15, -0.1) is 0 Å². The molecule has 0 spiro atoms. The Hall–Kier alpha value is -0.830. The second-order valence-corrected chi connectivity index (χ2v) is 7.51. The van der Waals surface area contributed by atoms with Gasteiger partial charge in [0.15, 0.2) is 5.76 Å². The first-order chi connectivity index (χ1) is 9.07. The van der Waals surface area contributed by atoms with Gasteiger partial charge in [-0.3, -0.25) is 0 Å². The Labute approximate surface area is 114 Å². The van der Waals surface area contributed by atoms with E-state index in [1.807, 2.05) is 6.92 Å². The molecular weight excluding hydrogens is 236 g/mol. The van der Waals surface area contributed by atoms with Gasteiger partial charge in [0.2, 0.25) is 0 Å². The van der Waals surface area contributed by atoms with Gasteiger partial charge in [-0.2, -0.15) is 0 Å². The Morgan fingerprint density at radius 3 is 2.11 bits per heavy atom. The van der Waals surface area contributed by atoms with E-state index >= 15 is 0 Å². The molecule has 1 heterocycles. The van der Waals surface area contributed by atoms with Crippen LogP contribution in [0.2, 0.25) is 0 Å². The van der Waals surface area contributed by atoms with Gasteiger partial charge in [0.1, 0.15) is 0 Å². The maximum atomic E-state index is 5.99. The molecule has 4 fully saturated rings. The number of aromatic nitrogens is 1. The maximum Gasteiger partial charge on any atom is 0.156 e. The molecule has 0 saturated heterocycles. The first-order valence-electron chi connectivity index (χ1n) is 7.79. The SMILES string of the molecule is Cc1c(C23CC4CC(CC(C4)C2)C3)noc1C(C)N. The minimum Gasteiger partial charge on any atom is -0.359 e. The standard InChI is InChI=1S/C16H24N2O/c1-9-14(10(2)17)19-18-15(9)16-6-11-3-12(7-16)5-13(4-11)8-16/h10-13H,3-8,17H2,1-2H3. The summed E-state index contributed by atoms with van der Waals surface area (Å²) < 4.78 is 5.57. The third-order valence-corrected chi connectivity index (χ3v) is 5.91. The lowest BCUT2D eigenvalue weighted by atomic mass is 9.48. The lowest BCUT2D eigenvalue weighted by Crippen LogP contribution is -2.49. The molecule has 5 rings (SSSR count). The second-order valence-electron chi connectivity index (χ2n) is 7.51. The molecule has 4 aliphatic carbocycles. The van der Waals surface area contributed by atoms with Gasteiger partial charge in [-0.05, 0) is 70.1 Å². The van der Waals surface area contributed by atoms with Crippen molar-refractivity contribution < 1.29 is 4.52 Å². The fourth-order valence-corrected chi connectivity index (χ4v) is 5.67. The zero-order valence-electron chi connectivity index (χ0n) is 12.0. The smallest absolute Gasteiger partial charge is 0.156 e. The maximum absolute atomic E-state index is 5.99. The predicted molar refractivity (Wildman–Crippen MR) is 73.7 cm³/mol. The molecule has 19 heavy (non-hydrogen) atoms. The largest absolute Gasteiger partial charge is 0.359 e. The first kappa shape index (κ1) is 12.0. The van der Waals surface area contributed by atoms with E-state index in [2.05, 4.69) is 12.1 Å². The number of rotatable bonds is 2. The minimum absolute atomic E-state index is 0.0461. The summed E-state index contributed by atoms with van der Waals surface area (Å²) in [5.74, 6) is 3.73. The molecule has 104 valence electrons. The molecule has 4 bridgehead atoms. The lowest BCUT2D eigenvalue weighted by Gasteiger charge is -2.56. The van der Waals surface area contributed by atoms with Crippen molar-refractivity contribution in [2.75, 3.05) is 0 Å². The number of nitrogens with two attached hydrogens (primary N) is 1. The molecule has 3 nitrogen and oxygen atoms in total. The molecule has 2 N–H and O–H groups in total. The Balaban J connectivity index is 1.75. The lowest BCUT2D eigenvalue weighted by molar-refractivity contribution is -0.00872. The summed E-state index contributed by atoms with van der Waals surface area (Å²) in [7, 11) is 0. The molecule has 4 saturated carbocycles. The molecule has 0 aliphatic heterocycles. The van der Waals surface area contributed by atoms with Crippen LogP contribution in [0.1, 0.15) is 68.5 Å². The molecule has 0 radical (unpaired) electrons. The van der Waals surface area contributed by atoms with Crippen molar-refractivity contribution in [1.29, 1.82) is 0 Å². The van der Waals surface area contributed by atoms with Gasteiger partial charge in [0, 0.05) is 11.0 Å². The van der Waals surface area contributed by atoms with Gasteiger partial charge in [0.05, 0.1) is 11.7 Å². The van der Waals surface area contributed by atoms with Crippen molar-refractivity contribution in [2.24, 2.45) is 23.5 Å². The summed E-state index contributed by atoms with van der Waals surface area (Å²) in [5.41, 5.74) is 8.80. The third-order valence-electron chi connectivity index (χ3n) is 5.91. The van der Waals surface area contributed by atoms with Crippen LogP contribution in [0.5, 0.6) is 0 Å². The molecule has 4 aliphatic rings. The van der Waals surface area contributed by atoms with Gasteiger partial charge >= 0.3 is 0 Å². The average Bonchev–Trinajstić information content (AvgIpc) is 2.69. The molecule has 0 amide bonds. The Bertz CT molecular complexity index is 468. The molecule has 1 unspecified atom stereocenters. The Kier molecular flexibility index (Phi) is 2.42. The van der Waals surface area contributed by atoms with Gasteiger partial charge in [0.25, 0.3) is 0 Å². The predicted octanol–water partition coefficient (Wildman–Crippen LogP) is 3.47. The van der Waals surface area contributed by atoms with Gasteiger partial charge in [-0.25, -0.2) is 0 Å². The van der Waals surface area contributed by atoms with E-state index in [1.165, 1.54) is 49.8 Å². The Morgan fingerprint density at radius 1 is 1.16 bits per heavy atom. The highest BCUT2D eigenvalue weighted by atomic mass is 16.5. The molecule has 1 aromatic heterocycles. The minimum atomic E-state index is -0.0461. The molecule has 1 aromatic rings. The van der Waals surface area contributed by atoms with E-state index in [4.69, 9.17) is 10.3 Å². The topological polar surface area (TPSA) is 52.0 Å². The van der Waals surface area contributed by atoms with E-state index in [0.29, 0.717) is 5.41 Å². The van der Waals surface area contributed by atoms with Crippen molar-refractivity contribution >= 4 is 0 Å². The summed E-state index contributed by atoms with van der Waals surface area (Å²) >= 11 is 0. The monoisotopic (exact) mass is 260 g/mol. The van der Waals surface area contributed by atoms with E-state index in [0.717, 1.165) is 23.5 Å². The Morgan fingerprint density at radius 2 is 1.68 bits per heavy atom. The fraction of sp³-hybridized carbons (Fsp3) is 0.812. The van der Waals surface area contributed by atoms with E-state index in [9.17, 15) is 0 Å². The van der Waals surface area contributed by atoms with Crippen LogP contribution in [0.15, 0.2) is 4.52 Å². The summed E-state index contributed by atoms with van der Waals surface area (Å²) in [6.07, 6.45) is 8.42. The second kappa shape index (κ2) is 3.85. The van der Waals surface area contributed by atoms with Gasteiger partial charge in [-0.1, -0.05) is 5.16 Å². The zero-order valence-corrected chi connectivity index (χ0v) is 12.0. The molecular formula is C16H24N2O. The molecule has 0 aromatic carbocycles.